The zero-order valence-corrected chi connectivity index (χ0v) is 19.7. The van der Waals surface area contributed by atoms with Gasteiger partial charge in [0.15, 0.2) is 0 Å². The van der Waals surface area contributed by atoms with E-state index in [1.54, 1.807) is 17.0 Å². The zero-order valence-electron chi connectivity index (χ0n) is 19.7. The number of fused-ring (bicyclic) bond motifs is 1. The monoisotopic (exact) mass is 482 g/mol. The minimum Gasteiger partial charge on any atom is -0.478 e. The summed E-state index contributed by atoms with van der Waals surface area (Å²) in [7, 11) is 0. The van der Waals surface area contributed by atoms with Crippen LogP contribution in [0.15, 0.2) is 79.0 Å². The predicted octanol–water partition coefficient (Wildman–Crippen LogP) is 4.69. The van der Waals surface area contributed by atoms with Gasteiger partial charge in [0.1, 0.15) is 11.2 Å². The summed E-state index contributed by atoms with van der Waals surface area (Å²) in [6, 6.07) is 22.6. The van der Waals surface area contributed by atoms with E-state index in [1.807, 2.05) is 36.4 Å². The lowest BCUT2D eigenvalue weighted by molar-refractivity contribution is -0.00125. The quantitative estimate of drug-likeness (QED) is 0.444. The molecule has 0 unspecified atom stereocenters. The maximum atomic E-state index is 12.7. The first-order valence-corrected chi connectivity index (χ1v) is 12.1. The molecule has 1 amide bonds. The van der Waals surface area contributed by atoms with E-state index in [4.69, 9.17) is 14.8 Å². The van der Waals surface area contributed by atoms with Crippen molar-refractivity contribution in [3.8, 4) is 11.3 Å². The number of carbonyl (C=O) groups is 2. The number of benzene rings is 2. The van der Waals surface area contributed by atoms with Crippen LogP contribution in [-0.4, -0.2) is 56.7 Å². The number of hydrogen-bond donors (Lipinski definition) is 1. The van der Waals surface area contributed by atoms with Crippen LogP contribution in [0.25, 0.3) is 16.9 Å². The molecule has 182 valence electrons. The molecule has 0 bridgehead atoms. The minimum absolute atomic E-state index is 0.191. The Morgan fingerprint density at radius 3 is 2.42 bits per heavy atom. The second-order valence-corrected chi connectivity index (χ2v) is 9.47. The van der Waals surface area contributed by atoms with E-state index in [0.717, 1.165) is 55.1 Å². The molecule has 2 fully saturated rings. The Labute approximate surface area is 208 Å². The summed E-state index contributed by atoms with van der Waals surface area (Å²) in [4.78, 5) is 32.8. The van der Waals surface area contributed by atoms with Gasteiger partial charge in [0.25, 0.3) is 0 Å². The molecule has 0 atom stereocenters. The summed E-state index contributed by atoms with van der Waals surface area (Å²) in [6.07, 6.45) is 3.15. The Bertz CT molecular complexity index is 1420. The second-order valence-electron chi connectivity index (χ2n) is 9.47. The molecule has 6 rings (SSSR count). The molecule has 4 heterocycles. The highest BCUT2D eigenvalue weighted by molar-refractivity contribution is 5.92. The summed E-state index contributed by atoms with van der Waals surface area (Å²) < 4.78 is 8.07. The number of piperidine rings is 1. The molecule has 0 aliphatic carbocycles. The van der Waals surface area contributed by atoms with Crippen LogP contribution in [-0.2, 0) is 11.3 Å². The number of pyridine rings is 1. The summed E-state index contributed by atoms with van der Waals surface area (Å²) >= 11 is 0. The van der Waals surface area contributed by atoms with Crippen LogP contribution in [0, 0.1) is 0 Å². The third-order valence-electron chi connectivity index (χ3n) is 7.21. The van der Waals surface area contributed by atoms with Crippen molar-refractivity contribution in [1.29, 1.82) is 0 Å². The number of imidazole rings is 1. The van der Waals surface area contributed by atoms with Gasteiger partial charge < -0.3 is 14.2 Å². The van der Waals surface area contributed by atoms with Crippen LogP contribution in [0.5, 0.6) is 0 Å². The van der Waals surface area contributed by atoms with Crippen molar-refractivity contribution in [2.45, 2.75) is 25.0 Å². The van der Waals surface area contributed by atoms with Crippen LogP contribution >= 0.6 is 0 Å². The zero-order chi connectivity index (χ0) is 24.7. The number of ether oxygens (including phenoxy) is 1. The van der Waals surface area contributed by atoms with Crippen molar-refractivity contribution >= 4 is 23.4 Å². The number of nitrogens with zero attached hydrogens (tertiary/aromatic N) is 4. The third kappa shape index (κ3) is 3.99. The first kappa shape index (κ1) is 22.3. The van der Waals surface area contributed by atoms with Gasteiger partial charge in [-0.3, -0.25) is 9.80 Å². The lowest BCUT2D eigenvalue weighted by Gasteiger charge is -2.37. The Balaban J connectivity index is 1.18. The van der Waals surface area contributed by atoms with Crippen LogP contribution in [0.3, 0.4) is 0 Å². The topological polar surface area (TPSA) is 87.4 Å². The average Bonchev–Trinajstić information content (AvgIpc) is 3.43. The highest BCUT2D eigenvalue weighted by Gasteiger charge is 2.47. The first-order valence-electron chi connectivity index (χ1n) is 12.1. The molecule has 8 heteroatoms. The summed E-state index contributed by atoms with van der Waals surface area (Å²) in [5.41, 5.74) is 4.48. The number of amides is 1. The summed E-state index contributed by atoms with van der Waals surface area (Å²) in [5.74, 6) is -0.990. The lowest BCUT2D eigenvalue weighted by atomic mass is 9.91. The number of anilines is 1. The van der Waals surface area contributed by atoms with E-state index in [2.05, 4.69) is 27.6 Å². The largest absolute Gasteiger partial charge is 0.478 e. The lowest BCUT2D eigenvalue weighted by Crippen LogP contribution is -2.46. The van der Waals surface area contributed by atoms with Crippen molar-refractivity contribution in [2.75, 3.05) is 24.5 Å². The van der Waals surface area contributed by atoms with E-state index < -0.39 is 11.6 Å². The van der Waals surface area contributed by atoms with Crippen LogP contribution in [0.2, 0.25) is 0 Å². The molecule has 2 aliphatic rings. The Morgan fingerprint density at radius 1 is 0.972 bits per heavy atom. The van der Waals surface area contributed by atoms with Gasteiger partial charge in [0, 0.05) is 49.9 Å². The van der Waals surface area contributed by atoms with E-state index in [1.165, 1.54) is 12.1 Å². The van der Waals surface area contributed by atoms with Gasteiger partial charge in [0.05, 0.1) is 23.5 Å². The van der Waals surface area contributed by atoms with Gasteiger partial charge in [-0.05, 0) is 36.4 Å². The van der Waals surface area contributed by atoms with Gasteiger partial charge in [-0.1, -0.05) is 36.4 Å². The highest BCUT2D eigenvalue weighted by Crippen LogP contribution is 2.36. The normalized spacial score (nSPS) is 17.6. The first-order chi connectivity index (χ1) is 17.5. The van der Waals surface area contributed by atoms with Crippen molar-refractivity contribution in [3.05, 3.63) is 90.3 Å². The van der Waals surface area contributed by atoms with Crippen LogP contribution < -0.4 is 4.90 Å². The molecule has 2 aliphatic heterocycles. The molecule has 2 aromatic carbocycles. The fourth-order valence-electron chi connectivity index (χ4n) is 5.22. The highest BCUT2D eigenvalue weighted by atomic mass is 16.6. The van der Waals surface area contributed by atoms with E-state index in [-0.39, 0.29) is 11.7 Å². The number of aromatic nitrogens is 2. The minimum atomic E-state index is -0.990. The fourth-order valence-corrected chi connectivity index (χ4v) is 5.22. The average molecular weight is 483 g/mol. The number of aromatic carboxylic acids is 1. The Hall–Kier alpha value is -4.17. The van der Waals surface area contributed by atoms with Crippen LogP contribution in [0.1, 0.15) is 28.9 Å². The molecule has 8 nitrogen and oxygen atoms in total. The number of rotatable bonds is 5. The number of hydrogen-bond acceptors (Lipinski definition) is 5. The maximum Gasteiger partial charge on any atom is 0.415 e. The molecule has 2 aromatic heterocycles. The molecular formula is C28H26N4O4. The van der Waals surface area contributed by atoms with E-state index in [9.17, 15) is 9.59 Å². The van der Waals surface area contributed by atoms with Gasteiger partial charge in [-0.15, -0.1) is 0 Å². The molecule has 0 saturated carbocycles. The molecule has 0 radical (unpaired) electrons. The molecule has 2 saturated heterocycles. The molecule has 1 N–H and O–H groups in total. The molecular weight excluding hydrogens is 456 g/mol. The standard InChI is InChI=1S/C28H26N4O4/c33-26(34)21-9-11-22(12-10-21)32-19-28(36-27(32)35)13-16-30(17-14-28)18-23-25(20-6-2-1-3-7-20)29-24-8-4-5-15-31(23)24/h1-12,15H,13-14,16-19H2,(H,33,34). The van der Waals surface area contributed by atoms with Crippen molar-refractivity contribution < 1.29 is 19.4 Å². The fraction of sp³-hybridized carbons (Fsp3) is 0.250. The number of carboxylic acid groups (broad SMARTS) is 1. The number of carbonyl (C=O) groups excluding carboxylic acids is 1. The molecule has 4 aromatic rings. The second kappa shape index (κ2) is 8.80. The SMILES string of the molecule is O=C(O)c1ccc(N2CC3(CCN(Cc4c(-c5ccccc5)nc5ccccn45)CC3)OC2=O)cc1. The van der Waals surface area contributed by atoms with Gasteiger partial charge in [-0.25, -0.2) is 14.6 Å². The third-order valence-corrected chi connectivity index (χ3v) is 7.21. The van der Waals surface area contributed by atoms with Crippen molar-refractivity contribution in [3.63, 3.8) is 0 Å². The maximum absolute atomic E-state index is 12.7. The number of carboxylic acids is 1. The van der Waals surface area contributed by atoms with Gasteiger partial charge in [0.2, 0.25) is 0 Å². The smallest absolute Gasteiger partial charge is 0.415 e. The molecule has 36 heavy (non-hydrogen) atoms. The van der Waals surface area contributed by atoms with E-state index >= 15 is 0 Å². The van der Waals surface area contributed by atoms with E-state index in [0.29, 0.717) is 12.2 Å². The van der Waals surface area contributed by atoms with Crippen molar-refractivity contribution in [1.82, 2.24) is 14.3 Å². The predicted molar refractivity (Wildman–Crippen MR) is 135 cm³/mol. The molecule has 1 spiro atoms. The Kier molecular flexibility index (Phi) is 5.45. The number of likely N-dealkylation sites (tertiary alicyclic amines) is 1. The Morgan fingerprint density at radius 2 is 1.69 bits per heavy atom. The van der Waals surface area contributed by atoms with Gasteiger partial charge >= 0.3 is 12.1 Å². The van der Waals surface area contributed by atoms with Gasteiger partial charge in [-0.2, -0.15) is 0 Å². The van der Waals surface area contributed by atoms with Crippen LogP contribution in [0.4, 0.5) is 10.5 Å². The summed E-state index contributed by atoms with van der Waals surface area (Å²) in [6.45, 7) is 2.82. The summed E-state index contributed by atoms with van der Waals surface area (Å²) in [5, 5.41) is 9.13. The van der Waals surface area contributed by atoms with Crippen molar-refractivity contribution in [2.24, 2.45) is 0 Å².